The zero-order valence-electron chi connectivity index (χ0n) is 10.1. The van der Waals surface area contributed by atoms with E-state index < -0.39 is 0 Å². The van der Waals surface area contributed by atoms with Crippen LogP contribution in [0.2, 0.25) is 0 Å². The first-order valence-corrected chi connectivity index (χ1v) is 5.76. The minimum atomic E-state index is 0.330. The maximum absolute atomic E-state index is 6.02. The number of rotatable bonds is 3. The molecule has 2 rings (SSSR count). The molecule has 2 aromatic heterocycles. The number of anilines is 1. The number of fused-ring (bicyclic) bond motifs is 1. The van der Waals surface area contributed by atoms with Gasteiger partial charge in [0.2, 0.25) is 0 Å². The first kappa shape index (κ1) is 10.9. The number of nitrogens with two attached hydrogens (primary N) is 1. The summed E-state index contributed by atoms with van der Waals surface area (Å²) in [5.74, 6) is 0.330. The van der Waals surface area contributed by atoms with Crippen LogP contribution in [-0.4, -0.2) is 14.6 Å². The maximum Gasteiger partial charge on any atom is 0.178 e. The highest BCUT2D eigenvalue weighted by molar-refractivity contribution is 5.67. The summed E-state index contributed by atoms with van der Waals surface area (Å²) < 4.78 is 1.80. The second-order valence-electron chi connectivity index (χ2n) is 4.43. The first-order chi connectivity index (χ1) is 7.63. The molecule has 2 heterocycles. The molecule has 0 radical (unpaired) electrons. The van der Waals surface area contributed by atoms with Crippen molar-refractivity contribution in [3.63, 3.8) is 0 Å². The second kappa shape index (κ2) is 4.12. The topological polar surface area (TPSA) is 56.2 Å². The van der Waals surface area contributed by atoms with Gasteiger partial charge in [-0.05, 0) is 17.9 Å². The zero-order chi connectivity index (χ0) is 11.7. The van der Waals surface area contributed by atoms with Crippen LogP contribution >= 0.6 is 0 Å². The number of aromatic nitrogens is 3. The van der Waals surface area contributed by atoms with Crippen LogP contribution in [0, 0.1) is 0 Å². The van der Waals surface area contributed by atoms with Gasteiger partial charge >= 0.3 is 0 Å². The minimum absolute atomic E-state index is 0.330. The predicted octanol–water partition coefficient (Wildman–Crippen LogP) is 2.39. The predicted molar refractivity (Wildman–Crippen MR) is 65.5 cm³/mol. The molecule has 0 saturated heterocycles. The molecular formula is C12H18N4. The summed E-state index contributed by atoms with van der Waals surface area (Å²) in [7, 11) is 0. The Kier molecular flexibility index (Phi) is 2.81. The highest BCUT2D eigenvalue weighted by atomic mass is 15.3. The van der Waals surface area contributed by atoms with Gasteiger partial charge in [0.1, 0.15) is 5.69 Å². The molecular weight excluding hydrogens is 200 g/mol. The summed E-state index contributed by atoms with van der Waals surface area (Å²) in [6.45, 7) is 6.33. The van der Waals surface area contributed by atoms with Gasteiger partial charge in [0.25, 0.3) is 0 Å². The van der Waals surface area contributed by atoms with Crippen LogP contribution in [0.25, 0.3) is 5.65 Å². The lowest BCUT2D eigenvalue weighted by atomic mass is 10.1. The second-order valence-corrected chi connectivity index (χ2v) is 4.43. The molecule has 0 fully saturated rings. The van der Waals surface area contributed by atoms with Gasteiger partial charge < -0.3 is 5.73 Å². The van der Waals surface area contributed by atoms with Crippen LogP contribution in [0.1, 0.15) is 44.4 Å². The van der Waals surface area contributed by atoms with Crippen molar-refractivity contribution in [2.24, 2.45) is 0 Å². The third-order valence-electron chi connectivity index (χ3n) is 2.68. The van der Waals surface area contributed by atoms with E-state index in [1.165, 1.54) is 5.56 Å². The van der Waals surface area contributed by atoms with Crippen molar-refractivity contribution in [3.8, 4) is 0 Å². The van der Waals surface area contributed by atoms with E-state index in [2.05, 4.69) is 30.9 Å². The fourth-order valence-electron chi connectivity index (χ4n) is 1.85. The molecule has 0 saturated carbocycles. The Balaban J connectivity index is 2.54. The van der Waals surface area contributed by atoms with E-state index in [9.17, 15) is 0 Å². The van der Waals surface area contributed by atoms with Crippen molar-refractivity contribution in [2.45, 2.75) is 39.5 Å². The van der Waals surface area contributed by atoms with E-state index in [4.69, 9.17) is 5.73 Å². The van der Waals surface area contributed by atoms with Crippen molar-refractivity contribution in [3.05, 3.63) is 23.7 Å². The SMILES string of the molecule is CCCc1cnc2c(N)c(C(C)C)nn2c1. The Morgan fingerprint density at radius 1 is 1.44 bits per heavy atom. The van der Waals surface area contributed by atoms with Crippen molar-refractivity contribution < 1.29 is 0 Å². The van der Waals surface area contributed by atoms with Crippen LogP contribution < -0.4 is 5.73 Å². The highest BCUT2D eigenvalue weighted by Crippen LogP contribution is 2.23. The Morgan fingerprint density at radius 2 is 2.19 bits per heavy atom. The monoisotopic (exact) mass is 218 g/mol. The summed E-state index contributed by atoms with van der Waals surface area (Å²) in [4.78, 5) is 4.38. The van der Waals surface area contributed by atoms with Crippen LogP contribution in [0.3, 0.4) is 0 Å². The maximum atomic E-state index is 6.02. The van der Waals surface area contributed by atoms with Gasteiger partial charge in [-0.25, -0.2) is 9.50 Å². The fraction of sp³-hybridized carbons (Fsp3) is 0.500. The van der Waals surface area contributed by atoms with E-state index in [0.717, 1.165) is 24.2 Å². The lowest BCUT2D eigenvalue weighted by Gasteiger charge is -1.98. The molecule has 0 aromatic carbocycles. The summed E-state index contributed by atoms with van der Waals surface area (Å²) in [5.41, 5.74) is 9.63. The van der Waals surface area contributed by atoms with Crippen molar-refractivity contribution in [2.75, 3.05) is 5.73 Å². The largest absolute Gasteiger partial charge is 0.394 e. The molecule has 0 aliphatic heterocycles. The molecule has 4 heteroatoms. The van der Waals surface area contributed by atoms with Gasteiger partial charge in [-0.3, -0.25) is 0 Å². The summed E-state index contributed by atoms with van der Waals surface area (Å²) in [6, 6.07) is 0. The molecule has 0 atom stereocenters. The molecule has 2 aromatic rings. The highest BCUT2D eigenvalue weighted by Gasteiger charge is 2.13. The third kappa shape index (κ3) is 1.75. The lowest BCUT2D eigenvalue weighted by Crippen LogP contribution is -1.95. The van der Waals surface area contributed by atoms with Gasteiger partial charge in [-0.1, -0.05) is 27.2 Å². The Morgan fingerprint density at radius 3 is 2.81 bits per heavy atom. The Hall–Kier alpha value is -1.58. The number of aryl methyl sites for hydroxylation is 1. The van der Waals surface area contributed by atoms with Crippen LogP contribution in [0.4, 0.5) is 5.69 Å². The number of hydrogen-bond donors (Lipinski definition) is 1. The van der Waals surface area contributed by atoms with E-state index >= 15 is 0 Å². The summed E-state index contributed by atoms with van der Waals surface area (Å²) in [6.07, 6.45) is 6.05. The van der Waals surface area contributed by atoms with Gasteiger partial charge in [-0.15, -0.1) is 0 Å². The van der Waals surface area contributed by atoms with E-state index in [1.807, 2.05) is 12.4 Å². The van der Waals surface area contributed by atoms with Gasteiger partial charge in [-0.2, -0.15) is 5.10 Å². The molecule has 0 aliphatic carbocycles. The van der Waals surface area contributed by atoms with Crippen LogP contribution in [0.5, 0.6) is 0 Å². The Labute approximate surface area is 95.5 Å². The van der Waals surface area contributed by atoms with Crippen molar-refractivity contribution in [1.29, 1.82) is 0 Å². The number of nitrogens with zero attached hydrogens (tertiary/aromatic N) is 3. The lowest BCUT2D eigenvalue weighted by molar-refractivity contribution is 0.781. The molecule has 0 aliphatic rings. The Bertz CT molecular complexity index is 499. The number of hydrogen-bond acceptors (Lipinski definition) is 3. The summed E-state index contributed by atoms with van der Waals surface area (Å²) >= 11 is 0. The molecule has 2 N–H and O–H groups in total. The average Bonchev–Trinajstić information content (AvgIpc) is 2.56. The number of nitrogen functional groups attached to an aromatic ring is 1. The summed E-state index contributed by atoms with van der Waals surface area (Å²) in [5, 5.41) is 4.48. The van der Waals surface area contributed by atoms with Crippen molar-refractivity contribution in [1.82, 2.24) is 14.6 Å². The first-order valence-electron chi connectivity index (χ1n) is 5.76. The average molecular weight is 218 g/mol. The molecule has 0 bridgehead atoms. The molecule has 4 nitrogen and oxygen atoms in total. The molecule has 0 spiro atoms. The molecule has 86 valence electrons. The van der Waals surface area contributed by atoms with Crippen LogP contribution in [-0.2, 0) is 6.42 Å². The van der Waals surface area contributed by atoms with Crippen molar-refractivity contribution >= 4 is 11.3 Å². The van der Waals surface area contributed by atoms with Gasteiger partial charge in [0.05, 0.1) is 5.69 Å². The van der Waals surface area contributed by atoms with Gasteiger partial charge in [0.15, 0.2) is 5.65 Å². The van der Waals surface area contributed by atoms with E-state index in [0.29, 0.717) is 11.6 Å². The molecule has 16 heavy (non-hydrogen) atoms. The standard InChI is InChI=1S/C12H18N4/c1-4-5-9-6-14-12-10(13)11(8(2)3)15-16(12)7-9/h6-8H,4-5,13H2,1-3H3. The fourth-order valence-corrected chi connectivity index (χ4v) is 1.85. The minimum Gasteiger partial charge on any atom is -0.394 e. The molecule has 0 unspecified atom stereocenters. The van der Waals surface area contributed by atoms with Gasteiger partial charge in [0, 0.05) is 12.4 Å². The van der Waals surface area contributed by atoms with E-state index in [1.54, 1.807) is 4.52 Å². The quantitative estimate of drug-likeness (QED) is 0.860. The normalized spacial score (nSPS) is 11.5. The third-order valence-corrected chi connectivity index (χ3v) is 2.68. The molecule has 0 amide bonds. The zero-order valence-corrected chi connectivity index (χ0v) is 10.1. The smallest absolute Gasteiger partial charge is 0.178 e. The van der Waals surface area contributed by atoms with Crippen LogP contribution in [0.15, 0.2) is 12.4 Å². The van der Waals surface area contributed by atoms with E-state index in [-0.39, 0.29) is 0 Å².